The standard InChI is InChI=1S/C16H27BrN2S/c1-3-5-8-13(4-2)11-14(19-18)12-20-16-10-7-6-9-15(16)17/h6-7,9-10,13-14,19H,3-5,8,11-12,18H2,1-2H3. The van der Waals surface area contributed by atoms with Gasteiger partial charge < -0.3 is 0 Å². The molecule has 0 amide bonds. The lowest BCUT2D eigenvalue weighted by Gasteiger charge is -2.22. The first kappa shape index (κ1) is 18.0. The maximum absolute atomic E-state index is 5.73. The summed E-state index contributed by atoms with van der Waals surface area (Å²) < 4.78 is 1.17. The van der Waals surface area contributed by atoms with Gasteiger partial charge in [0.15, 0.2) is 0 Å². The van der Waals surface area contributed by atoms with Crippen molar-refractivity contribution in [3.8, 4) is 0 Å². The molecule has 1 rings (SSSR count). The van der Waals surface area contributed by atoms with E-state index in [1.807, 2.05) is 17.8 Å². The number of unbranched alkanes of at least 4 members (excludes halogenated alkanes) is 1. The van der Waals surface area contributed by atoms with E-state index in [1.165, 1.54) is 41.5 Å². The van der Waals surface area contributed by atoms with E-state index < -0.39 is 0 Å². The molecule has 2 atom stereocenters. The van der Waals surface area contributed by atoms with Crippen LogP contribution in [-0.2, 0) is 0 Å². The smallest absolute Gasteiger partial charge is 0.0311 e. The van der Waals surface area contributed by atoms with Crippen LogP contribution in [0, 0.1) is 5.92 Å². The van der Waals surface area contributed by atoms with E-state index in [-0.39, 0.29) is 0 Å². The van der Waals surface area contributed by atoms with E-state index in [2.05, 4.69) is 53.4 Å². The monoisotopic (exact) mass is 358 g/mol. The zero-order valence-electron chi connectivity index (χ0n) is 12.6. The summed E-state index contributed by atoms with van der Waals surface area (Å²) in [4.78, 5) is 1.29. The number of hydrogen-bond donors (Lipinski definition) is 2. The predicted octanol–water partition coefficient (Wildman–Crippen LogP) is 4.98. The number of nitrogens with two attached hydrogens (primary N) is 1. The predicted molar refractivity (Wildman–Crippen MR) is 93.9 cm³/mol. The third-order valence-corrected chi connectivity index (χ3v) is 5.86. The minimum atomic E-state index is 0.383. The van der Waals surface area contributed by atoms with Gasteiger partial charge in [-0.3, -0.25) is 11.3 Å². The van der Waals surface area contributed by atoms with Crippen molar-refractivity contribution in [2.24, 2.45) is 11.8 Å². The maximum Gasteiger partial charge on any atom is 0.0311 e. The number of thioether (sulfide) groups is 1. The van der Waals surface area contributed by atoms with Crippen molar-refractivity contribution in [1.82, 2.24) is 5.43 Å². The second kappa shape index (κ2) is 10.7. The van der Waals surface area contributed by atoms with Crippen molar-refractivity contribution in [2.45, 2.75) is 56.9 Å². The van der Waals surface area contributed by atoms with Crippen LogP contribution in [-0.4, -0.2) is 11.8 Å². The number of hydrazine groups is 1. The largest absolute Gasteiger partial charge is 0.271 e. The molecule has 0 aliphatic rings. The third-order valence-electron chi connectivity index (χ3n) is 3.67. The molecule has 4 heteroatoms. The van der Waals surface area contributed by atoms with E-state index in [1.54, 1.807) is 0 Å². The Balaban J connectivity index is 2.44. The van der Waals surface area contributed by atoms with E-state index in [0.29, 0.717) is 6.04 Å². The van der Waals surface area contributed by atoms with E-state index in [4.69, 9.17) is 5.84 Å². The van der Waals surface area contributed by atoms with Crippen LogP contribution in [0.3, 0.4) is 0 Å². The molecular weight excluding hydrogens is 332 g/mol. The Hall–Kier alpha value is -0.0300. The van der Waals surface area contributed by atoms with Crippen molar-refractivity contribution in [3.63, 3.8) is 0 Å². The van der Waals surface area contributed by atoms with Crippen molar-refractivity contribution in [1.29, 1.82) is 0 Å². The lowest BCUT2D eigenvalue weighted by atomic mass is 9.93. The summed E-state index contributed by atoms with van der Waals surface area (Å²) in [5, 5.41) is 0. The number of halogens is 1. The summed E-state index contributed by atoms with van der Waals surface area (Å²) >= 11 is 5.46. The van der Waals surface area contributed by atoms with Gasteiger partial charge in [-0.15, -0.1) is 11.8 Å². The molecule has 0 aliphatic carbocycles. The summed E-state index contributed by atoms with van der Waals surface area (Å²) in [7, 11) is 0. The highest BCUT2D eigenvalue weighted by molar-refractivity contribution is 9.10. The van der Waals surface area contributed by atoms with Crippen LogP contribution in [0.1, 0.15) is 46.0 Å². The van der Waals surface area contributed by atoms with Gasteiger partial charge in [-0.05, 0) is 40.4 Å². The van der Waals surface area contributed by atoms with Crippen LogP contribution in [0.4, 0.5) is 0 Å². The molecule has 0 saturated heterocycles. The molecule has 1 aromatic rings. The van der Waals surface area contributed by atoms with Gasteiger partial charge in [0.05, 0.1) is 0 Å². The van der Waals surface area contributed by atoms with Gasteiger partial charge in [0.25, 0.3) is 0 Å². The molecular formula is C16H27BrN2S. The molecule has 0 aromatic heterocycles. The Kier molecular flexibility index (Phi) is 9.61. The zero-order valence-corrected chi connectivity index (χ0v) is 15.0. The van der Waals surface area contributed by atoms with Gasteiger partial charge >= 0.3 is 0 Å². The first-order valence-electron chi connectivity index (χ1n) is 7.54. The first-order chi connectivity index (χ1) is 9.71. The van der Waals surface area contributed by atoms with Gasteiger partial charge in [-0.2, -0.15) is 0 Å². The van der Waals surface area contributed by atoms with Crippen LogP contribution in [0.15, 0.2) is 33.6 Å². The van der Waals surface area contributed by atoms with Gasteiger partial charge in [0, 0.05) is 21.2 Å². The first-order valence-corrected chi connectivity index (χ1v) is 9.32. The van der Waals surface area contributed by atoms with Gasteiger partial charge in [-0.1, -0.05) is 51.7 Å². The highest BCUT2D eigenvalue weighted by Crippen LogP contribution is 2.29. The van der Waals surface area contributed by atoms with E-state index in [9.17, 15) is 0 Å². The molecule has 3 N–H and O–H groups in total. The van der Waals surface area contributed by atoms with Crippen molar-refractivity contribution in [3.05, 3.63) is 28.7 Å². The summed E-state index contributed by atoms with van der Waals surface area (Å²) in [5.74, 6) is 7.53. The number of hydrogen-bond acceptors (Lipinski definition) is 3. The summed E-state index contributed by atoms with van der Waals surface area (Å²) in [5.41, 5.74) is 3.00. The van der Waals surface area contributed by atoms with Crippen LogP contribution >= 0.6 is 27.7 Å². The molecule has 0 spiro atoms. The second-order valence-electron chi connectivity index (χ2n) is 5.26. The number of nitrogens with one attached hydrogen (secondary N) is 1. The molecule has 0 fully saturated rings. The van der Waals surface area contributed by atoms with Crippen LogP contribution < -0.4 is 11.3 Å². The van der Waals surface area contributed by atoms with Gasteiger partial charge in [0.1, 0.15) is 0 Å². The molecule has 0 heterocycles. The maximum atomic E-state index is 5.73. The van der Waals surface area contributed by atoms with Crippen molar-refractivity contribution in [2.75, 3.05) is 5.75 Å². The van der Waals surface area contributed by atoms with Crippen molar-refractivity contribution < 1.29 is 0 Å². The molecule has 1 aromatic carbocycles. The van der Waals surface area contributed by atoms with Gasteiger partial charge in [0.2, 0.25) is 0 Å². The Morgan fingerprint density at radius 3 is 2.65 bits per heavy atom. The SMILES string of the molecule is CCCCC(CC)CC(CSc1ccccc1Br)NN. The highest BCUT2D eigenvalue weighted by atomic mass is 79.9. The fraction of sp³-hybridized carbons (Fsp3) is 0.625. The fourth-order valence-corrected chi connectivity index (χ4v) is 3.94. The van der Waals surface area contributed by atoms with Crippen LogP contribution in [0.2, 0.25) is 0 Å². The normalized spacial score (nSPS) is 14.2. The molecule has 0 saturated carbocycles. The Labute approximate surface area is 136 Å². The Morgan fingerprint density at radius 1 is 1.30 bits per heavy atom. The van der Waals surface area contributed by atoms with E-state index in [0.717, 1.165) is 11.7 Å². The average Bonchev–Trinajstić information content (AvgIpc) is 2.48. The lowest BCUT2D eigenvalue weighted by molar-refractivity contribution is 0.367. The topological polar surface area (TPSA) is 38.0 Å². The minimum Gasteiger partial charge on any atom is -0.271 e. The number of rotatable bonds is 10. The molecule has 0 bridgehead atoms. The van der Waals surface area contributed by atoms with Gasteiger partial charge in [-0.25, -0.2) is 0 Å². The molecule has 20 heavy (non-hydrogen) atoms. The molecule has 0 aliphatic heterocycles. The summed E-state index contributed by atoms with van der Waals surface area (Å²) in [6.45, 7) is 4.54. The van der Waals surface area contributed by atoms with Crippen LogP contribution in [0.25, 0.3) is 0 Å². The molecule has 0 radical (unpaired) electrons. The average molecular weight is 359 g/mol. The molecule has 2 unspecified atom stereocenters. The summed E-state index contributed by atoms with van der Waals surface area (Å²) in [6, 6.07) is 8.74. The quantitative estimate of drug-likeness (QED) is 0.352. The second-order valence-corrected chi connectivity index (χ2v) is 7.17. The van der Waals surface area contributed by atoms with Crippen molar-refractivity contribution >= 4 is 27.7 Å². The summed E-state index contributed by atoms with van der Waals surface area (Å²) in [6.07, 6.45) is 6.35. The van der Waals surface area contributed by atoms with E-state index >= 15 is 0 Å². The molecule has 114 valence electrons. The fourth-order valence-electron chi connectivity index (χ4n) is 2.32. The Morgan fingerprint density at radius 2 is 2.05 bits per heavy atom. The molecule has 2 nitrogen and oxygen atoms in total. The van der Waals surface area contributed by atoms with Crippen LogP contribution in [0.5, 0.6) is 0 Å². The Bertz CT molecular complexity index is 373. The minimum absolute atomic E-state index is 0.383. The lowest BCUT2D eigenvalue weighted by Crippen LogP contribution is -2.38. The zero-order chi connectivity index (χ0) is 14.8. The third kappa shape index (κ3) is 6.61. The number of benzene rings is 1. The highest BCUT2D eigenvalue weighted by Gasteiger charge is 2.14.